The molecule has 0 rings (SSSR count). The maximum absolute atomic E-state index is 5.01. The van der Waals surface area contributed by atoms with E-state index >= 15 is 0 Å². The van der Waals surface area contributed by atoms with Crippen molar-refractivity contribution < 1.29 is 4.52 Å². The van der Waals surface area contributed by atoms with Gasteiger partial charge >= 0.3 is 0 Å². The largest absolute Gasteiger partial charge is 0.311 e. The maximum atomic E-state index is 5.01. The highest BCUT2D eigenvalue weighted by Crippen LogP contribution is 2.06. The van der Waals surface area contributed by atoms with Gasteiger partial charge in [0, 0.05) is 0 Å². The zero-order valence-corrected chi connectivity index (χ0v) is 7.05. The average Bonchev–Trinajstić information content (AvgIpc) is 1.81. The number of hydrogen-bond acceptors (Lipinski definition) is 2. The molecule has 0 fully saturated rings. The fourth-order valence-corrected chi connectivity index (χ4v) is 0.760. The predicted molar refractivity (Wildman–Crippen MR) is 39.9 cm³/mol. The second-order valence-electron chi connectivity index (χ2n) is 1.38. The molecule has 0 heterocycles. The minimum absolute atomic E-state index is 0.724. The highest BCUT2D eigenvalue weighted by Gasteiger charge is 1.79. The van der Waals surface area contributed by atoms with Crippen LogP contribution in [0.1, 0.15) is 19.8 Å². The topological polar surface area (TPSA) is 21.6 Å². The third-order valence-electron chi connectivity index (χ3n) is 0.694. The van der Waals surface area contributed by atoms with Crippen molar-refractivity contribution in [2.75, 3.05) is 6.61 Å². The Morgan fingerprint density at radius 2 is 2.50 bits per heavy atom. The molecule has 1 atom stereocenters. The lowest BCUT2D eigenvalue weighted by atomic mass is 10.4. The van der Waals surface area contributed by atoms with Crippen LogP contribution < -0.4 is 0 Å². The third kappa shape index (κ3) is 6.49. The van der Waals surface area contributed by atoms with Crippen molar-refractivity contribution >= 4 is 18.0 Å². The summed E-state index contributed by atoms with van der Waals surface area (Å²) < 4.78 is 8.68. The van der Waals surface area contributed by atoms with Gasteiger partial charge in [-0.05, 0) is 15.8 Å². The molecule has 0 aliphatic rings. The standard InChI is InChI=1S/C4H11NOP2/c1-2-3-4-6-8-5-7/h2-4,7H2,1H3. The van der Waals surface area contributed by atoms with Crippen molar-refractivity contribution in [2.45, 2.75) is 19.8 Å². The van der Waals surface area contributed by atoms with E-state index in [9.17, 15) is 0 Å². The van der Waals surface area contributed by atoms with Crippen molar-refractivity contribution in [2.24, 2.45) is 4.52 Å². The molecule has 0 bridgehead atoms. The predicted octanol–water partition coefficient (Wildman–Crippen LogP) is 2.64. The molecule has 4 heteroatoms. The quantitative estimate of drug-likeness (QED) is 0.447. The number of nitrogens with zero attached hydrogens (tertiary/aromatic N) is 1. The highest BCUT2D eigenvalue weighted by molar-refractivity contribution is 7.31. The van der Waals surface area contributed by atoms with Crippen LogP contribution in [0.15, 0.2) is 4.52 Å². The van der Waals surface area contributed by atoms with Gasteiger partial charge in [-0.3, -0.25) is 0 Å². The summed E-state index contributed by atoms with van der Waals surface area (Å²) in [5.41, 5.74) is 0. The highest BCUT2D eigenvalue weighted by atomic mass is 31.1. The van der Waals surface area contributed by atoms with Gasteiger partial charge in [0.15, 0.2) is 8.60 Å². The molecule has 0 N–H and O–H groups in total. The summed E-state index contributed by atoms with van der Waals surface area (Å²) in [4.78, 5) is 0. The SMILES string of the molecule is CCCCOP=NP. The summed E-state index contributed by atoms with van der Waals surface area (Å²) in [6.45, 7) is 2.97. The van der Waals surface area contributed by atoms with Crippen molar-refractivity contribution in [3.8, 4) is 0 Å². The summed E-state index contributed by atoms with van der Waals surface area (Å²) in [5, 5.41) is 0. The summed E-state index contributed by atoms with van der Waals surface area (Å²) in [6.07, 6.45) is 2.32. The van der Waals surface area contributed by atoms with Crippen LogP contribution >= 0.6 is 18.0 Å². The van der Waals surface area contributed by atoms with E-state index in [1.165, 1.54) is 6.42 Å². The van der Waals surface area contributed by atoms with Crippen molar-refractivity contribution in [1.82, 2.24) is 0 Å². The minimum atomic E-state index is 0.724. The van der Waals surface area contributed by atoms with Crippen LogP contribution in [0, 0.1) is 0 Å². The van der Waals surface area contributed by atoms with Crippen LogP contribution in [-0.2, 0) is 4.52 Å². The zero-order valence-electron chi connectivity index (χ0n) is 5.00. The molecule has 48 valence electrons. The lowest BCUT2D eigenvalue weighted by Gasteiger charge is -1.89. The summed E-state index contributed by atoms with van der Waals surface area (Å²) in [5.74, 6) is 0. The van der Waals surface area contributed by atoms with E-state index in [4.69, 9.17) is 4.52 Å². The van der Waals surface area contributed by atoms with Crippen LogP contribution in [0.3, 0.4) is 0 Å². The van der Waals surface area contributed by atoms with Gasteiger partial charge in [-0.15, -0.1) is 0 Å². The maximum Gasteiger partial charge on any atom is 0.175 e. The molecule has 8 heavy (non-hydrogen) atoms. The Morgan fingerprint density at radius 3 is 3.00 bits per heavy atom. The number of rotatable bonds is 4. The lowest BCUT2D eigenvalue weighted by molar-refractivity contribution is 0.356. The smallest absolute Gasteiger partial charge is 0.175 e. The second kappa shape index (κ2) is 7.49. The molecule has 0 spiro atoms. The van der Waals surface area contributed by atoms with Crippen LogP contribution in [0.5, 0.6) is 0 Å². The fourth-order valence-electron chi connectivity index (χ4n) is 0.283. The Hall–Kier alpha value is 0.490. The van der Waals surface area contributed by atoms with E-state index in [0.29, 0.717) is 0 Å². The number of unbranched alkanes of at least 4 members (excludes halogenated alkanes) is 1. The summed E-state index contributed by atoms with van der Waals surface area (Å²) in [7, 11) is 2.98. The van der Waals surface area contributed by atoms with Crippen LogP contribution in [0.4, 0.5) is 0 Å². The molecule has 0 amide bonds. The Balaban J connectivity index is 2.72. The second-order valence-corrected chi connectivity index (χ2v) is 2.73. The average molecular weight is 151 g/mol. The Kier molecular flexibility index (Phi) is 7.95. The molecular weight excluding hydrogens is 140 g/mol. The molecule has 0 aromatic heterocycles. The molecule has 0 aliphatic heterocycles. The van der Waals surface area contributed by atoms with Gasteiger partial charge in [0.25, 0.3) is 0 Å². The first-order chi connectivity index (χ1) is 3.91. The minimum Gasteiger partial charge on any atom is -0.311 e. The van der Waals surface area contributed by atoms with Crippen LogP contribution in [0.2, 0.25) is 0 Å². The van der Waals surface area contributed by atoms with E-state index in [1.807, 2.05) is 0 Å². The van der Waals surface area contributed by atoms with Crippen molar-refractivity contribution in [3.63, 3.8) is 0 Å². The van der Waals surface area contributed by atoms with Gasteiger partial charge < -0.3 is 4.52 Å². The molecule has 0 aromatic carbocycles. The van der Waals surface area contributed by atoms with E-state index in [0.717, 1.165) is 21.6 Å². The molecular formula is C4H11NOP2. The van der Waals surface area contributed by atoms with E-state index < -0.39 is 0 Å². The van der Waals surface area contributed by atoms with Crippen molar-refractivity contribution in [1.29, 1.82) is 0 Å². The molecule has 2 nitrogen and oxygen atoms in total. The zero-order chi connectivity index (χ0) is 6.24. The van der Waals surface area contributed by atoms with Gasteiger partial charge in [0.2, 0.25) is 0 Å². The van der Waals surface area contributed by atoms with Crippen LogP contribution in [0.25, 0.3) is 0 Å². The molecule has 0 radical (unpaired) electrons. The molecule has 0 saturated carbocycles. The Morgan fingerprint density at radius 1 is 1.75 bits per heavy atom. The molecule has 0 aliphatic carbocycles. The first-order valence-electron chi connectivity index (χ1n) is 2.64. The van der Waals surface area contributed by atoms with Crippen molar-refractivity contribution in [3.05, 3.63) is 0 Å². The van der Waals surface area contributed by atoms with E-state index in [1.54, 1.807) is 0 Å². The summed E-state index contributed by atoms with van der Waals surface area (Å²) in [6, 6.07) is 0. The van der Waals surface area contributed by atoms with Gasteiger partial charge in [-0.25, -0.2) is 4.52 Å². The molecule has 0 aromatic rings. The molecule has 0 saturated heterocycles. The van der Waals surface area contributed by atoms with Gasteiger partial charge in [0.1, 0.15) is 0 Å². The monoisotopic (exact) mass is 151 g/mol. The lowest BCUT2D eigenvalue weighted by Crippen LogP contribution is -1.79. The normalized spacial score (nSPS) is 10.8. The number of hydrogen-bond donors (Lipinski definition) is 0. The van der Waals surface area contributed by atoms with Gasteiger partial charge in [-0.1, -0.05) is 13.3 Å². The third-order valence-corrected chi connectivity index (χ3v) is 1.37. The summed E-state index contributed by atoms with van der Waals surface area (Å²) >= 11 is 0. The van der Waals surface area contributed by atoms with E-state index in [-0.39, 0.29) is 0 Å². The Labute approximate surface area is 54.2 Å². The molecule has 1 unspecified atom stereocenters. The first-order valence-corrected chi connectivity index (χ1v) is 3.92. The fraction of sp³-hybridized carbons (Fsp3) is 1.00. The van der Waals surface area contributed by atoms with E-state index in [2.05, 4.69) is 20.8 Å². The first kappa shape index (κ1) is 8.49. The van der Waals surface area contributed by atoms with Crippen LogP contribution in [-0.4, -0.2) is 6.61 Å². The van der Waals surface area contributed by atoms with Gasteiger partial charge in [-0.2, -0.15) is 0 Å². The Bertz CT molecular complexity index is 67.1. The van der Waals surface area contributed by atoms with Gasteiger partial charge in [0.05, 0.1) is 6.61 Å².